The van der Waals surface area contributed by atoms with E-state index in [9.17, 15) is 5.11 Å². The van der Waals surface area contributed by atoms with Crippen molar-refractivity contribution in [2.24, 2.45) is 46.3 Å². The van der Waals surface area contributed by atoms with Crippen LogP contribution in [0.5, 0.6) is 0 Å². The molecule has 0 radical (unpaired) electrons. The normalized spacial score (nSPS) is 51.4. The zero-order chi connectivity index (χ0) is 19.2. The average molecular weight is 375 g/mol. The fourth-order valence-corrected chi connectivity index (χ4v) is 8.66. The summed E-state index contributed by atoms with van der Waals surface area (Å²) in [7, 11) is 0. The fraction of sp³-hybridized carbons (Fsp3) is 1.00. The third kappa shape index (κ3) is 3.43. The Kier molecular flexibility index (Phi) is 5.74. The summed E-state index contributed by atoms with van der Waals surface area (Å²) in [5.74, 6) is 5.98. The molecule has 5 aliphatic carbocycles. The molecular formula is C26H46O. The Hall–Kier alpha value is -0.0400. The highest BCUT2D eigenvalue weighted by molar-refractivity contribution is 5.09. The van der Waals surface area contributed by atoms with Gasteiger partial charge in [0.25, 0.3) is 0 Å². The molecule has 0 heterocycles. The monoisotopic (exact) mass is 374 g/mol. The van der Waals surface area contributed by atoms with Crippen molar-refractivity contribution in [3.8, 4) is 0 Å². The second kappa shape index (κ2) is 7.66. The van der Waals surface area contributed by atoms with Crippen LogP contribution in [0.1, 0.15) is 111 Å². The van der Waals surface area contributed by atoms with Gasteiger partial charge in [-0.15, -0.1) is 0 Å². The zero-order valence-electron chi connectivity index (χ0n) is 18.7. The molecule has 0 saturated heterocycles. The van der Waals surface area contributed by atoms with Crippen LogP contribution in [0.2, 0.25) is 0 Å². The van der Waals surface area contributed by atoms with Gasteiger partial charge < -0.3 is 5.11 Å². The molecule has 1 heteroatoms. The van der Waals surface area contributed by atoms with Gasteiger partial charge in [-0.3, -0.25) is 0 Å². The van der Waals surface area contributed by atoms with Gasteiger partial charge in [0, 0.05) is 0 Å². The third-order valence-electron chi connectivity index (χ3n) is 10.5. The molecule has 5 fully saturated rings. The van der Waals surface area contributed by atoms with E-state index in [1.54, 1.807) is 12.8 Å². The summed E-state index contributed by atoms with van der Waals surface area (Å²) in [5.41, 5.74) is 1.23. The van der Waals surface area contributed by atoms with Crippen molar-refractivity contribution in [1.82, 2.24) is 0 Å². The van der Waals surface area contributed by atoms with Crippen molar-refractivity contribution < 1.29 is 5.11 Å². The van der Waals surface area contributed by atoms with Gasteiger partial charge in [0.1, 0.15) is 0 Å². The lowest BCUT2D eigenvalue weighted by Gasteiger charge is -2.61. The summed E-state index contributed by atoms with van der Waals surface area (Å²) in [5, 5.41) is 10.2. The SMILES string of the molecule is CC.CC12CCC3C(CCC4CC(O)CCC43C)C1CCC2CCC1CC1. The van der Waals surface area contributed by atoms with Crippen molar-refractivity contribution in [3.63, 3.8) is 0 Å². The maximum atomic E-state index is 10.2. The molecular weight excluding hydrogens is 328 g/mol. The summed E-state index contributed by atoms with van der Waals surface area (Å²) < 4.78 is 0. The Labute approximate surface area is 169 Å². The number of hydrogen-bond acceptors (Lipinski definition) is 1. The molecule has 0 aromatic heterocycles. The molecule has 5 saturated carbocycles. The van der Waals surface area contributed by atoms with Crippen molar-refractivity contribution in [2.75, 3.05) is 0 Å². The van der Waals surface area contributed by atoms with Gasteiger partial charge >= 0.3 is 0 Å². The van der Waals surface area contributed by atoms with E-state index in [0.717, 1.165) is 48.3 Å². The molecule has 0 aromatic rings. The van der Waals surface area contributed by atoms with Crippen LogP contribution < -0.4 is 0 Å². The van der Waals surface area contributed by atoms with Crippen molar-refractivity contribution >= 4 is 0 Å². The van der Waals surface area contributed by atoms with Crippen molar-refractivity contribution in [3.05, 3.63) is 0 Å². The maximum Gasteiger partial charge on any atom is 0.0543 e. The number of aliphatic hydroxyl groups is 1. The van der Waals surface area contributed by atoms with E-state index >= 15 is 0 Å². The van der Waals surface area contributed by atoms with Crippen LogP contribution in [0.3, 0.4) is 0 Å². The molecule has 0 aliphatic heterocycles. The number of hydrogen-bond donors (Lipinski definition) is 1. The van der Waals surface area contributed by atoms with Gasteiger partial charge in [0.2, 0.25) is 0 Å². The highest BCUT2D eigenvalue weighted by Gasteiger charge is 2.59. The molecule has 0 aromatic carbocycles. The fourth-order valence-electron chi connectivity index (χ4n) is 8.66. The van der Waals surface area contributed by atoms with Crippen molar-refractivity contribution in [1.29, 1.82) is 0 Å². The van der Waals surface area contributed by atoms with Gasteiger partial charge in [-0.25, -0.2) is 0 Å². The van der Waals surface area contributed by atoms with Crippen LogP contribution in [0, 0.1) is 46.3 Å². The topological polar surface area (TPSA) is 20.2 Å². The molecule has 0 amide bonds. The molecule has 27 heavy (non-hydrogen) atoms. The van der Waals surface area contributed by atoms with E-state index in [2.05, 4.69) is 13.8 Å². The lowest BCUT2D eigenvalue weighted by Crippen LogP contribution is -2.53. The Morgan fingerprint density at radius 2 is 1.44 bits per heavy atom. The van der Waals surface area contributed by atoms with Gasteiger partial charge in [0.05, 0.1) is 6.10 Å². The Morgan fingerprint density at radius 1 is 0.741 bits per heavy atom. The van der Waals surface area contributed by atoms with Gasteiger partial charge in [-0.05, 0) is 111 Å². The predicted octanol–water partition coefficient (Wildman–Crippen LogP) is 7.22. The summed E-state index contributed by atoms with van der Waals surface area (Å²) in [6.45, 7) is 9.33. The lowest BCUT2D eigenvalue weighted by atomic mass is 9.44. The molecule has 8 unspecified atom stereocenters. The molecule has 5 rings (SSSR count). The first-order valence-corrected chi connectivity index (χ1v) is 12.7. The second-order valence-electron chi connectivity index (χ2n) is 11.4. The van der Waals surface area contributed by atoms with E-state index < -0.39 is 0 Å². The summed E-state index contributed by atoms with van der Waals surface area (Å²) in [6.07, 6.45) is 18.6. The molecule has 8 atom stereocenters. The van der Waals surface area contributed by atoms with Crippen LogP contribution in [-0.2, 0) is 0 Å². The minimum atomic E-state index is 0.00164. The number of aliphatic hydroxyl groups excluding tert-OH is 1. The highest BCUT2D eigenvalue weighted by atomic mass is 16.3. The summed E-state index contributed by atoms with van der Waals surface area (Å²) in [6, 6.07) is 0. The molecule has 5 aliphatic rings. The van der Waals surface area contributed by atoms with Crippen LogP contribution in [0.15, 0.2) is 0 Å². The first-order valence-electron chi connectivity index (χ1n) is 12.7. The van der Waals surface area contributed by atoms with E-state index in [1.807, 2.05) is 13.8 Å². The van der Waals surface area contributed by atoms with Crippen molar-refractivity contribution in [2.45, 2.75) is 117 Å². The standard InChI is InChI=1S/C24H40O.C2H6/c1-23-14-12-22-20(9-7-18-15-19(25)11-13-24(18,22)2)21(23)10-8-17(23)6-5-16-3-4-16;1-2/h16-22,25H,3-15H2,1-2H3;1-2H3. The Morgan fingerprint density at radius 3 is 2.19 bits per heavy atom. The molecule has 156 valence electrons. The smallest absolute Gasteiger partial charge is 0.0543 e. The summed E-state index contributed by atoms with van der Waals surface area (Å²) in [4.78, 5) is 0. The first kappa shape index (κ1) is 20.2. The molecule has 1 nitrogen and oxygen atoms in total. The minimum absolute atomic E-state index is 0.00164. The van der Waals surface area contributed by atoms with Gasteiger partial charge in [-0.1, -0.05) is 47.0 Å². The first-order chi connectivity index (χ1) is 13.0. The van der Waals surface area contributed by atoms with Crippen LogP contribution in [0.25, 0.3) is 0 Å². The van der Waals surface area contributed by atoms with Crippen LogP contribution in [-0.4, -0.2) is 11.2 Å². The molecule has 1 N–H and O–H groups in total. The van der Waals surface area contributed by atoms with Gasteiger partial charge in [0.15, 0.2) is 0 Å². The third-order valence-corrected chi connectivity index (χ3v) is 10.5. The Balaban J connectivity index is 0.000000872. The maximum absolute atomic E-state index is 10.2. The molecule has 0 bridgehead atoms. The molecule has 0 spiro atoms. The van der Waals surface area contributed by atoms with Crippen LogP contribution >= 0.6 is 0 Å². The zero-order valence-corrected chi connectivity index (χ0v) is 18.7. The van der Waals surface area contributed by atoms with E-state index in [0.29, 0.717) is 10.8 Å². The summed E-state index contributed by atoms with van der Waals surface area (Å²) >= 11 is 0. The second-order valence-corrected chi connectivity index (χ2v) is 11.4. The minimum Gasteiger partial charge on any atom is -0.393 e. The van der Waals surface area contributed by atoms with E-state index in [4.69, 9.17) is 0 Å². The number of rotatable bonds is 3. The van der Waals surface area contributed by atoms with Gasteiger partial charge in [-0.2, -0.15) is 0 Å². The van der Waals surface area contributed by atoms with E-state index in [1.165, 1.54) is 57.8 Å². The quantitative estimate of drug-likeness (QED) is 0.552. The average Bonchev–Trinajstić information content (AvgIpc) is 3.43. The Bertz CT molecular complexity index is 510. The largest absolute Gasteiger partial charge is 0.393 e. The van der Waals surface area contributed by atoms with E-state index in [-0.39, 0.29) is 6.10 Å². The highest BCUT2D eigenvalue weighted by Crippen LogP contribution is 2.68. The predicted molar refractivity (Wildman–Crippen MR) is 115 cm³/mol. The van der Waals surface area contributed by atoms with Crippen LogP contribution in [0.4, 0.5) is 0 Å². The number of fused-ring (bicyclic) bond motifs is 5. The lowest BCUT2D eigenvalue weighted by molar-refractivity contribution is -0.127.